The van der Waals surface area contributed by atoms with Gasteiger partial charge in [-0.25, -0.2) is 0 Å². The van der Waals surface area contributed by atoms with Crippen molar-refractivity contribution in [2.75, 3.05) is 41.7 Å². The molecule has 1 fully saturated rings. The second kappa shape index (κ2) is 9.17. The predicted octanol–water partition coefficient (Wildman–Crippen LogP) is 3.26. The Morgan fingerprint density at radius 2 is 1.57 bits per heavy atom. The van der Waals surface area contributed by atoms with Gasteiger partial charge in [-0.2, -0.15) is 0 Å². The average Bonchev–Trinajstić information content (AvgIpc) is 3.15. The van der Waals surface area contributed by atoms with Crippen LogP contribution in [-0.2, 0) is 11.2 Å². The van der Waals surface area contributed by atoms with Crippen molar-refractivity contribution in [3.8, 4) is 23.0 Å². The van der Waals surface area contributed by atoms with Gasteiger partial charge in [0.25, 0.3) is 0 Å². The first kappa shape index (κ1) is 20.3. The number of rotatable bonds is 8. The number of ether oxygens (including phenoxy) is 5. The molecule has 0 amide bonds. The van der Waals surface area contributed by atoms with E-state index < -0.39 is 0 Å². The molecule has 6 heteroatoms. The summed E-state index contributed by atoms with van der Waals surface area (Å²) in [6, 6.07) is 11.6. The smallest absolute Gasteiger partial charge is 0.161 e. The Morgan fingerprint density at radius 3 is 2.14 bits per heavy atom. The molecule has 0 bridgehead atoms. The standard InChI is InChI=1S/C22H28O6/c1-24-17-8-14(9-18(11-17)25-2)7-16-13-28-22(19(16)12-23)15-5-6-20(26-3)21(10-15)27-4/h5-6,8-11,16,19,22-23H,7,12-13H2,1-4H3/t16-,19-,22?/m0/s1. The Morgan fingerprint density at radius 1 is 0.893 bits per heavy atom. The summed E-state index contributed by atoms with van der Waals surface area (Å²) in [4.78, 5) is 0. The minimum Gasteiger partial charge on any atom is -0.497 e. The fourth-order valence-corrected chi connectivity index (χ4v) is 3.84. The van der Waals surface area contributed by atoms with Gasteiger partial charge in [0.2, 0.25) is 0 Å². The third-order valence-electron chi connectivity index (χ3n) is 5.34. The Hall–Kier alpha value is -2.44. The Kier molecular flexibility index (Phi) is 6.65. The minimum absolute atomic E-state index is 0.0182. The first-order valence-corrected chi connectivity index (χ1v) is 9.29. The molecule has 152 valence electrons. The lowest BCUT2D eigenvalue weighted by atomic mass is 9.84. The van der Waals surface area contributed by atoms with Crippen LogP contribution in [0.25, 0.3) is 0 Å². The van der Waals surface area contributed by atoms with Crippen molar-refractivity contribution in [2.45, 2.75) is 12.5 Å². The highest BCUT2D eigenvalue weighted by molar-refractivity contribution is 5.44. The topological polar surface area (TPSA) is 66.4 Å². The van der Waals surface area contributed by atoms with Crippen molar-refractivity contribution in [1.29, 1.82) is 0 Å². The van der Waals surface area contributed by atoms with E-state index in [-0.39, 0.29) is 24.5 Å². The van der Waals surface area contributed by atoms with E-state index in [0.717, 1.165) is 29.0 Å². The van der Waals surface area contributed by atoms with Gasteiger partial charge < -0.3 is 28.8 Å². The summed E-state index contributed by atoms with van der Waals surface area (Å²) < 4.78 is 27.5. The summed E-state index contributed by atoms with van der Waals surface area (Å²) in [6.45, 7) is 0.620. The Labute approximate surface area is 165 Å². The minimum atomic E-state index is -0.192. The molecule has 1 saturated heterocycles. The molecular weight excluding hydrogens is 360 g/mol. The van der Waals surface area contributed by atoms with Gasteiger partial charge in [0, 0.05) is 18.6 Å². The molecule has 0 radical (unpaired) electrons. The summed E-state index contributed by atoms with van der Waals surface area (Å²) >= 11 is 0. The summed E-state index contributed by atoms with van der Waals surface area (Å²) in [5, 5.41) is 10.1. The number of methoxy groups -OCH3 is 4. The van der Waals surface area contributed by atoms with Crippen LogP contribution in [0.5, 0.6) is 23.0 Å². The van der Waals surface area contributed by atoms with Crippen LogP contribution in [0.3, 0.4) is 0 Å². The maximum atomic E-state index is 10.1. The summed E-state index contributed by atoms with van der Waals surface area (Å²) in [6.07, 6.45) is 0.574. The molecular formula is C22H28O6. The number of benzene rings is 2. The molecule has 0 saturated carbocycles. The van der Waals surface area contributed by atoms with E-state index in [1.165, 1.54) is 0 Å². The SMILES string of the molecule is COc1cc(C[C@H]2COC(c3ccc(OC)c(OC)c3)[C@H]2CO)cc(OC)c1. The van der Waals surface area contributed by atoms with E-state index in [0.29, 0.717) is 18.1 Å². The van der Waals surface area contributed by atoms with Crippen LogP contribution >= 0.6 is 0 Å². The lowest BCUT2D eigenvalue weighted by molar-refractivity contribution is 0.0717. The first-order chi connectivity index (χ1) is 13.6. The van der Waals surface area contributed by atoms with E-state index >= 15 is 0 Å². The van der Waals surface area contributed by atoms with E-state index in [9.17, 15) is 5.11 Å². The summed E-state index contributed by atoms with van der Waals surface area (Å²) in [5.74, 6) is 3.00. The summed E-state index contributed by atoms with van der Waals surface area (Å²) in [7, 11) is 6.50. The molecule has 2 aromatic rings. The van der Waals surface area contributed by atoms with Gasteiger partial charge in [0.15, 0.2) is 11.5 Å². The van der Waals surface area contributed by atoms with E-state index in [2.05, 4.69) is 0 Å². The Balaban J connectivity index is 1.81. The van der Waals surface area contributed by atoms with Crippen molar-refractivity contribution >= 4 is 0 Å². The highest BCUT2D eigenvalue weighted by Gasteiger charge is 2.38. The first-order valence-electron chi connectivity index (χ1n) is 9.29. The summed E-state index contributed by atoms with van der Waals surface area (Å²) in [5.41, 5.74) is 2.07. The van der Waals surface area contributed by atoms with Crippen LogP contribution in [-0.4, -0.2) is 46.8 Å². The maximum absolute atomic E-state index is 10.1. The molecule has 3 atom stereocenters. The van der Waals surface area contributed by atoms with E-state index in [1.54, 1.807) is 28.4 Å². The molecule has 28 heavy (non-hydrogen) atoms. The zero-order valence-corrected chi connectivity index (χ0v) is 16.8. The van der Waals surface area contributed by atoms with Gasteiger partial charge >= 0.3 is 0 Å². The molecule has 1 aliphatic rings. The van der Waals surface area contributed by atoms with Gasteiger partial charge in [0.05, 0.1) is 41.2 Å². The molecule has 1 aliphatic heterocycles. The van der Waals surface area contributed by atoms with Crippen LogP contribution in [0.1, 0.15) is 17.2 Å². The monoisotopic (exact) mass is 388 g/mol. The highest BCUT2D eigenvalue weighted by Crippen LogP contribution is 2.42. The zero-order valence-electron chi connectivity index (χ0n) is 16.8. The van der Waals surface area contributed by atoms with Crippen molar-refractivity contribution < 1.29 is 28.8 Å². The van der Waals surface area contributed by atoms with Crippen LogP contribution in [0.15, 0.2) is 36.4 Å². The quantitative estimate of drug-likeness (QED) is 0.749. The van der Waals surface area contributed by atoms with E-state index in [4.69, 9.17) is 23.7 Å². The number of hydrogen-bond donors (Lipinski definition) is 1. The third-order valence-corrected chi connectivity index (χ3v) is 5.34. The number of hydrogen-bond acceptors (Lipinski definition) is 6. The van der Waals surface area contributed by atoms with Crippen LogP contribution in [0.4, 0.5) is 0 Å². The fourth-order valence-electron chi connectivity index (χ4n) is 3.84. The van der Waals surface area contributed by atoms with Crippen LogP contribution < -0.4 is 18.9 Å². The van der Waals surface area contributed by atoms with E-state index in [1.807, 2.05) is 36.4 Å². The maximum Gasteiger partial charge on any atom is 0.161 e. The molecule has 0 spiro atoms. The predicted molar refractivity (Wildman–Crippen MR) is 106 cm³/mol. The molecule has 0 aliphatic carbocycles. The molecule has 6 nitrogen and oxygen atoms in total. The molecule has 1 N–H and O–H groups in total. The highest BCUT2D eigenvalue weighted by atomic mass is 16.5. The fraction of sp³-hybridized carbons (Fsp3) is 0.455. The lowest BCUT2D eigenvalue weighted by Crippen LogP contribution is -2.21. The van der Waals surface area contributed by atoms with Crippen molar-refractivity contribution in [1.82, 2.24) is 0 Å². The van der Waals surface area contributed by atoms with Gasteiger partial charge in [0.1, 0.15) is 11.5 Å². The van der Waals surface area contributed by atoms with Crippen LogP contribution in [0, 0.1) is 11.8 Å². The number of aliphatic hydroxyl groups is 1. The third kappa shape index (κ3) is 4.18. The molecule has 1 unspecified atom stereocenters. The molecule has 3 rings (SSSR count). The van der Waals surface area contributed by atoms with Gasteiger partial charge in [-0.05, 0) is 47.7 Å². The second-order valence-electron chi connectivity index (χ2n) is 6.90. The normalized spacial score (nSPS) is 21.4. The van der Waals surface area contributed by atoms with Crippen molar-refractivity contribution in [3.63, 3.8) is 0 Å². The molecule has 1 heterocycles. The van der Waals surface area contributed by atoms with Gasteiger partial charge in [-0.15, -0.1) is 0 Å². The number of aliphatic hydroxyl groups excluding tert-OH is 1. The average molecular weight is 388 g/mol. The zero-order chi connectivity index (χ0) is 20.1. The van der Waals surface area contributed by atoms with Crippen LogP contribution in [0.2, 0.25) is 0 Å². The van der Waals surface area contributed by atoms with Crippen molar-refractivity contribution in [3.05, 3.63) is 47.5 Å². The molecule has 2 aromatic carbocycles. The lowest BCUT2D eigenvalue weighted by Gasteiger charge is -2.22. The molecule has 0 aromatic heterocycles. The van der Waals surface area contributed by atoms with Gasteiger partial charge in [-0.3, -0.25) is 0 Å². The van der Waals surface area contributed by atoms with Crippen molar-refractivity contribution in [2.24, 2.45) is 11.8 Å². The van der Waals surface area contributed by atoms with Gasteiger partial charge in [-0.1, -0.05) is 6.07 Å². The second-order valence-corrected chi connectivity index (χ2v) is 6.90. The largest absolute Gasteiger partial charge is 0.497 e. The Bertz CT molecular complexity index is 768.